The highest BCUT2D eigenvalue weighted by Gasteiger charge is 2.10. The quantitative estimate of drug-likeness (QED) is 0.685. The van der Waals surface area contributed by atoms with E-state index in [-0.39, 0.29) is 0 Å². The predicted octanol–water partition coefficient (Wildman–Crippen LogP) is 3.66. The van der Waals surface area contributed by atoms with Crippen molar-refractivity contribution in [3.63, 3.8) is 0 Å². The molecule has 19 heavy (non-hydrogen) atoms. The van der Waals surface area contributed by atoms with Crippen molar-refractivity contribution in [1.29, 1.82) is 0 Å². The molecule has 2 aromatic rings. The van der Waals surface area contributed by atoms with Gasteiger partial charge in [-0.3, -0.25) is 0 Å². The zero-order valence-corrected chi connectivity index (χ0v) is 11.0. The van der Waals surface area contributed by atoms with Crippen LogP contribution in [0.3, 0.4) is 0 Å². The van der Waals surface area contributed by atoms with Crippen molar-refractivity contribution in [3.8, 4) is 5.75 Å². The van der Waals surface area contributed by atoms with Gasteiger partial charge in [-0.2, -0.15) is 4.39 Å². The summed E-state index contributed by atoms with van der Waals surface area (Å²) in [6, 6.07) is 10.8. The minimum absolute atomic E-state index is 0.487. The molecule has 0 atom stereocenters. The molecule has 0 unspecified atom stereocenters. The van der Waals surface area contributed by atoms with Gasteiger partial charge in [0, 0.05) is 4.90 Å². The minimum Gasteiger partial charge on any atom is -0.493 e. The summed E-state index contributed by atoms with van der Waals surface area (Å²) in [6.07, 6.45) is 2.14. The van der Waals surface area contributed by atoms with Crippen LogP contribution in [0.1, 0.15) is 12.0 Å². The molecule has 0 saturated carbocycles. The van der Waals surface area contributed by atoms with Crippen molar-refractivity contribution in [2.45, 2.75) is 17.7 Å². The van der Waals surface area contributed by atoms with E-state index in [2.05, 4.69) is 15.8 Å². The first-order valence-electron chi connectivity index (χ1n) is 6.12. The number of rotatable bonds is 3. The molecule has 98 valence electrons. The molecule has 0 spiro atoms. The third-order valence-electron chi connectivity index (χ3n) is 2.88. The third kappa shape index (κ3) is 2.98. The number of hydrogen-bond donors (Lipinski definition) is 1. The molecule has 5 heteroatoms. The molecule has 3 rings (SSSR count). The van der Waals surface area contributed by atoms with Gasteiger partial charge in [-0.15, -0.1) is 0 Å². The van der Waals surface area contributed by atoms with Crippen molar-refractivity contribution < 1.29 is 9.13 Å². The molecule has 0 saturated heterocycles. The monoisotopic (exact) mass is 276 g/mol. The Balaban J connectivity index is 1.70. The number of ether oxygens (including phenoxy) is 1. The molecular weight excluding hydrogens is 263 g/mol. The lowest BCUT2D eigenvalue weighted by atomic mass is 10.1. The number of hydrogen-bond acceptors (Lipinski definition) is 4. The van der Waals surface area contributed by atoms with Gasteiger partial charge in [-0.05, 0) is 54.6 Å². The van der Waals surface area contributed by atoms with Gasteiger partial charge in [0.2, 0.25) is 5.95 Å². The average molecular weight is 276 g/mol. The Morgan fingerprint density at radius 3 is 3.11 bits per heavy atom. The highest BCUT2D eigenvalue weighted by molar-refractivity contribution is 8.00. The summed E-state index contributed by atoms with van der Waals surface area (Å²) in [4.78, 5) is 4.77. The van der Waals surface area contributed by atoms with Crippen LogP contribution in [0.5, 0.6) is 5.75 Å². The number of halogens is 1. The number of nitrogens with one attached hydrogen (secondary N) is 1. The van der Waals surface area contributed by atoms with E-state index in [4.69, 9.17) is 4.74 Å². The van der Waals surface area contributed by atoms with Crippen LogP contribution in [0.25, 0.3) is 0 Å². The normalized spacial score (nSPS) is 13.5. The molecule has 3 nitrogen and oxygen atoms in total. The van der Waals surface area contributed by atoms with E-state index in [1.165, 1.54) is 23.6 Å². The largest absolute Gasteiger partial charge is 0.493 e. The summed E-state index contributed by atoms with van der Waals surface area (Å²) >= 11 is 1.40. The predicted molar refractivity (Wildman–Crippen MR) is 73.9 cm³/mol. The van der Waals surface area contributed by atoms with Crippen LogP contribution < -0.4 is 9.46 Å². The van der Waals surface area contributed by atoms with Gasteiger partial charge in [0.1, 0.15) is 11.6 Å². The molecule has 0 radical (unpaired) electrons. The smallest absolute Gasteiger partial charge is 0.214 e. The van der Waals surface area contributed by atoms with Gasteiger partial charge in [-0.25, -0.2) is 4.98 Å². The molecule has 1 aromatic carbocycles. The van der Waals surface area contributed by atoms with E-state index in [0.717, 1.165) is 30.1 Å². The van der Waals surface area contributed by atoms with E-state index in [1.807, 2.05) is 12.1 Å². The number of benzene rings is 1. The molecule has 1 aliphatic rings. The lowest BCUT2D eigenvalue weighted by molar-refractivity contribution is 0.287. The molecule has 1 N–H and O–H groups in total. The lowest BCUT2D eigenvalue weighted by Crippen LogP contribution is -2.08. The van der Waals surface area contributed by atoms with Gasteiger partial charge in [0.05, 0.1) is 6.61 Å². The number of nitrogens with zero attached hydrogens (tertiary/aromatic N) is 1. The van der Waals surface area contributed by atoms with Crippen LogP contribution in [-0.2, 0) is 6.42 Å². The van der Waals surface area contributed by atoms with E-state index in [0.29, 0.717) is 5.82 Å². The second kappa shape index (κ2) is 5.48. The van der Waals surface area contributed by atoms with Gasteiger partial charge in [0.15, 0.2) is 0 Å². The Kier molecular flexibility index (Phi) is 3.55. The maximum atomic E-state index is 12.9. The zero-order chi connectivity index (χ0) is 13.1. The van der Waals surface area contributed by atoms with Crippen molar-refractivity contribution in [3.05, 3.63) is 47.9 Å². The van der Waals surface area contributed by atoms with Crippen LogP contribution in [0.15, 0.2) is 41.3 Å². The molecular formula is C14H13FN2OS. The summed E-state index contributed by atoms with van der Waals surface area (Å²) in [5.41, 5.74) is 1.25. The summed E-state index contributed by atoms with van der Waals surface area (Å²) < 4.78 is 21.6. The van der Waals surface area contributed by atoms with Crippen molar-refractivity contribution in [2.24, 2.45) is 0 Å². The fourth-order valence-electron chi connectivity index (χ4n) is 1.96. The Hall–Kier alpha value is -1.75. The van der Waals surface area contributed by atoms with Crippen LogP contribution in [0.2, 0.25) is 0 Å². The number of aryl methyl sites for hydroxylation is 1. The van der Waals surface area contributed by atoms with Crippen LogP contribution >= 0.6 is 11.9 Å². The molecule has 0 amide bonds. The number of pyridine rings is 1. The first kappa shape index (κ1) is 12.3. The second-order valence-corrected chi connectivity index (χ2v) is 5.15. The fraction of sp³-hybridized carbons (Fsp3) is 0.214. The highest BCUT2D eigenvalue weighted by atomic mass is 32.2. The van der Waals surface area contributed by atoms with E-state index in [9.17, 15) is 4.39 Å². The van der Waals surface area contributed by atoms with Gasteiger partial charge >= 0.3 is 0 Å². The minimum atomic E-state index is -0.487. The molecule has 1 aromatic heterocycles. The van der Waals surface area contributed by atoms with E-state index >= 15 is 0 Å². The van der Waals surface area contributed by atoms with Crippen molar-refractivity contribution >= 4 is 17.8 Å². The Morgan fingerprint density at radius 1 is 1.26 bits per heavy atom. The summed E-state index contributed by atoms with van der Waals surface area (Å²) in [5.74, 6) is 0.966. The summed E-state index contributed by atoms with van der Waals surface area (Å²) in [6.45, 7) is 0.778. The number of fused-ring (bicyclic) bond motifs is 1. The SMILES string of the molecule is Fc1cccc(NSc2ccc3c(c2)OCCC3)n1. The molecule has 2 heterocycles. The van der Waals surface area contributed by atoms with E-state index in [1.54, 1.807) is 12.1 Å². The standard InChI is InChI=1S/C14H13FN2OS/c15-13-4-1-5-14(16-13)17-19-11-7-6-10-3-2-8-18-12(10)9-11/h1,4-7,9H,2-3,8H2,(H,16,17). The van der Waals surface area contributed by atoms with Crippen LogP contribution in [-0.4, -0.2) is 11.6 Å². The maximum absolute atomic E-state index is 12.9. The average Bonchev–Trinajstić information content (AvgIpc) is 2.45. The number of anilines is 1. The Bertz CT molecular complexity index is 591. The molecule has 0 fully saturated rings. The van der Waals surface area contributed by atoms with Gasteiger partial charge in [0.25, 0.3) is 0 Å². The first-order valence-corrected chi connectivity index (χ1v) is 6.94. The fourth-order valence-corrected chi connectivity index (χ4v) is 2.60. The number of aromatic nitrogens is 1. The zero-order valence-electron chi connectivity index (χ0n) is 10.2. The van der Waals surface area contributed by atoms with Gasteiger partial charge < -0.3 is 9.46 Å². The highest BCUT2D eigenvalue weighted by Crippen LogP contribution is 2.30. The maximum Gasteiger partial charge on any atom is 0.214 e. The third-order valence-corrected chi connectivity index (χ3v) is 3.68. The van der Waals surface area contributed by atoms with Crippen molar-refractivity contribution in [1.82, 2.24) is 4.98 Å². The Morgan fingerprint density at radius 2 is 2.21 bits per heavy atom. The topological polar surface area (TPSA) is 34.1 Å². The summed E-state index contributed by atoms with van der Waals surface area (Å²) in [5, 5.41) is 0. The second-order valence-electron chi connectivity index (χ2n) is 4.27. The lowest BCUT2D eigenvalue weighted by Gasteiger charge is -2.17. The Labute approximate surface area is 115 Å². The van der Waals surface area contributed by atoms with Crippen molar-refractivity contribution in [2.75, 3.05) is 11.3 Å². The molecule has 0 bridgehead atoms. The molecule has 1 aliphatic heterocycles. The van der Waals surface area contributed by atoms with Crippen LogP contribution in [0.4, 0.5) is 10.2 Å². The summed E-state index contributed by atoms with van der Waals surface area (Å²) in [7, 11) is 0. The van der Waals surface area contributed by atoms with Gasteiger partial charge in [-0.1, -0.05) is 12.1 Å². The first-order chi connectivity index (χ1) is 9.31. The molecule has 0 aliphatic carbocycles. The van der Waals surface area contributed by atoms with Crippen LogP contribution in [0, 0.1) is 5.95 Å². The van der Waals surface area contributed by atoms with E-state index < -0.39 is 5.95 Å².